The lowest BCUT2D eigenvalue weighted by Gasteiger charge is -2.17. The molecule has 0 amide bonds. The summed E-state index contributed by atoms with van der Waals surface area (Å²) in [5.74, 6) is 1.71. The Kier molecular flexibility index (Phi) is 4.31. The molecular weight excluding hydrogens is 372 g/mol. The molecule has 3 heterocycles. The molecule has 5 rings (SSSR count). The van der Waals surface area contributed by atoms with Crippen LogP contribution in [0, 0.1) is 5.92 Å². The Morgan fingerprint density at radius 3 is 3.00 bits per heavy atom. The second-order valence-corrected chi connectivity index (χ2v) is 8.56. The maximum atomic E-state index is 13.1. The van der Waals surface area contributed by atoms with Crippen molar-refractivity contribution < 1.29 is 4.52 Å². The van der Waals surface area contributed by atoms with Crippen molar-refractivity contribution in [3.8, 4) is 0 Å². The van der Waals surface area contributed by atoms with Gasteiger partial charge in [-0.1, -0.05) is 42.4 Å². The molecule has 0 fully saturated rings. The standard InChI is InChI=1S/C21H20N4O2S/c1-13-7-8-15-16(9-13)28-20-19(15)21(26)25(12-22-20)11-17-23-18(27-24-17)10-14-5-3-2-4-6-14/h2-6,12-13H,7-11H2,1H3/t13-/m1/s1. The van der Waals surface area contributed by atoms with E-state index in [-0.39, 0.29) is 12.1 Å². The number of hydrogen-bond donors (Lipinski definition) is 0. The zero-order valence-electron chi connectivity index (χ0n) is 15.6. The summed E-state index contributed by atoms with van der Waals surface area (Å²) in [5, 5.41) is 4.82. The highest BCUT2D eigenvalue weighted by Gasteiger charge is 2.23. The molecule has 1 aliphatic carbocycles. The first-order valence-corrected chi connectivity index (χ1v) is 10.3. The molecule has 3 aromatic heterocycles. The fraction of sp³-hybridized carbons (Fsp3) is 0.333. The third-order valence-electron chi connectivity index (χ3n) is 5.30. The minimum atomic E-state index is -0.00791. The third kappa shape index (κ3) is 3.16. The molecule has 0 aliphatic heterocycles. The van der Waals surface area contributed by atoms with Gasteiger partial charge >= 0.3 is 0 Å². The molecule has 142 valence electrons. The first-order chi connectivity index (χ1) is 13.7. The molecule has 4 aromatic rings. The van der Waals surface area contributed by atoms with E-state index in [0.717, 1.165) is 35.0 Å². The maximum Gasteiger partial charge on any atom is 0.262 e. The lowest BCUT2D eigenvalue weighted by Crippen LogP contribution is -2.22. The van der Waals surface area contributed by atoms with Gasteiger partial charge in [0.15, 0.2) is 5.82 Å². The fourth-order valence-corrected chi connectivity index (χ4v) is 5.17. The average molecular weight is 392 g/mol. The predicted molar refractivity (Wildman–Crippen MR) is 108 cm³/mol. The molecule has 0 saturated carbocycles. The van der Waals surface area contributed by atoms with Crippen molar-refractivity contribution in [1.29, 1.82) is 0 Å². The first-order valence-electron chi connectivity index (χ1n) is 9.52. The van der Waals surface area contributed by atoms with Crippen LogP contribution in [0.4, 0.5) is 0 Å². The van der Waals surface area contributed by atoms with Gasteiger partial charge in [-0.2, -0.15) is 4.98 Å². The van der Waals surface area contributed by atoms with Crippen molar-refractivity contribution in [2.45, 2.75) is 39.2 Å². The van der Waals surface area contributed by atoms with Crippen molar-refractivity contribution in [3.05, 3.63) is 74.7 Å². The van der Waals surface area contributed by atoms with Gasteiger partial charge < -0.3 is 4.52 Å². The summed E-state index contributed by atoms with van der Waals surface area (Å²) in [4.78, 5) is 24.2. The van der Waals surface area contributed by atoms with E-state index in [1.54, 1.807) is 22.2 Å². The summed E-state index contributed by atoms with van der Waals surface area (Å²) in [7, 11) is 0. The van der Waals surface area contributed by atoms with Gasteiger partial charge in [0.1, 0.15) is 4.83 Å². The van der Waals surface area contributed by atoms with Gasteiger partial charge in [0.2, 0.25) is 5.89 Å². The average Bonchev–Trinajstić information content (AvgIpc) is 3.28. The van der Waals surface area contributed by atoms with E-state index in [0.29, 0.717) is 24.1 Å². The molecule has 7 heteroatoms. The van der Waals surface area contributed by atoms with Gasteiger partial charge in [-0.15, -0.1) is 11.3 Å². The van der Waals surface area contributed by atoms with Crippen LogP contribution in [0.1, 0.15) is 41.1 Å². The van der Waals surface area contributed by atoms with Gasteiger partial charge in [-0.3, -0.25) is 9.36 Å². The number of aromatic nitrogens is 4. The molecule has 0 unspecified atom stereocenters. The number of fused-ring (bicyclic) bond motifs is 3. The minimum Gasteiger partial charge on any atom is -0.339 e. The molecule has 0 radical (unpaired) electrons. The summed E-state index contributed by atoms with van der Waals surface area (Å²) < 4.78 is 6.95. The van der Waals surface area contributed by atoms with Gasteiger partial charge in [-0.05, 0) is 36.3 Å². The van der Waals surface area contributed by atoms with E-state index in [4.69, 9.17) is 4.52 Å². The van der Waals surface area contributed by atoms with Crippen LogP contribution in [0.3, 0.4) is 0 Å². The largest absolute Gasteiger partial charge is 0.339 e. The van der Waals surface area contributed by atoms with Crippen LogP contribution in [-0.4, -0.2) is 19.7 Å². The summed E-state index contributed by atoms with van der Waals surface area (Å²) in [6.07, 6.45) is 5.31. The minimum absolute atomic E-state index is 0.00791. The second-order valence-electron chi connectivity index (χ2n) is 7.48. The highest BCUT2D eigenvalue weighted by molar-refractivity contribution is 7.18. The van der Waals surface area contributed by atoms with Crippen molar-refractivity contribution in [1.82, 2.24) is 19.7 Å². The summed E-state index contributed by atoms with van der Waals surface area (Å²) >= 11 is 1.66. The Hall–Kier alpha value is -2.80. The molecule has 6 nitrogen and oxygen atoms in total. The number of hydrogen-bond acceptors (Lipinski definition) is 6. The van der Waals surface area contributed by atoms with Crippen molar-refractivity contribution in [2.24, 2.45) is 5.92 Å². The third-order valence-corrected chi connectivity index (χ3v) is 6.46. The maximum absolute atomic E-state index is 13.1. The van der Waals surface area contributed by atoms with E-state index in [1.165, 1.54) is 10.4 Å². The van der Waals surface area contributed by atoms with E-state index in [9.17, 15) is 4.79 Å². The predicted octanol–water partition coefficient (Wildman–Crippen LogP) is 3.60. The van der Waals surface area contributed by atoms with Crippen LogP contribution < -0.4 is 5.56 Å². The molecule has 28 heavy (non-hydrogen) atoms. The normalized spacial score (nSPS) is 16.4. The molecule has 0 bridgehead atoms. The van der Waals surface area contributed by atoms with Crippen molar-refractivity contribution >= 4 is 21.6 Å². The van der Waals surface area contributed by atoms with Gasteiger partial charge in [0.25, 0.3) is 5.56 Å². The monoisotopic (exact) mass is 392 g/mol. The molecule has 0 spiro atoms. The lowest BCUT2D eigenvalue weighted by molar-refractivity contribution is 0.378. The summed E-state index contributed by atoms with van der Waals surface area (Å²) in [6, 6.07) is 9.98. The van der Waals surface area contributed by atoms with E-state index in [2.05, 4.69) is 22.0 Å². The smallest absolute Gasteiger partial charge is 0.262 e. The lowest BCUT2D eigenvalue weighted by atomic mass is 9.89. The van der Waals surface area contributed by atoms with E-state index >= 15 is 0 Å². The molecule has 1 atom stereocenters. The Bertz CT molecular complexity index is 1190. The zero-order chi connectivity index (χ0) is 19.1. The molecule has 0 saturated heterocycles. The fourth-order valence-electron chi connectivity index (χ4n) is 3.83. The van der Waals surface area contributed by atoms with Crippen LogP contribution in [0.25, 0.3) is 10.2 Å². The topological polar surface area (TPSA) is 73.8 Å². The number of rotatable bonds is 4. The van der Waals surface area contributed by atoms with Crippen LogP contribution in [0.5, 0.6) is 0 Å². The van der Waals surface area contributed by atoms with Crippen LogP contribution in [-0.2, 0) is 25.8 Å². The Morgan fingerprint density at radius 2 is 2.14 bits per heavy atom. The highest BCUT2D eigenvalue weighted by Crippen LogP contribution is 2.35. The SMILES string of the molecule is C[C@@H]1CCc2c(sc3ncn(Cc4noc(Cc5ccccc5)n4)c(=O)c23)C1. The quantitative estimate of drug-likeness (QED) is 0.530. The molecule has 0 N–H and O–H groups in total. The second kappa shape index (κ2) is 6.98. The first kappa shape index (κ1) is 17.3. The molecule has 1 aliphatic rings. The van der Waals surface area contributed by atoms with Gasteiger partial charge in [-0.25, -0.2) is 4.98 Å². The van der Waals surface area contributed by atoms with Gasteiger partial charge in [0, 0.05) is 4.88 Å². The number of benzene rings is 1. The van der Waals surface area contributed by atoms with E-state index in [1.807, 2.05) is 30.3 Å². The number of thiophene rings is 1. The van der Waals surface area contributed by atoms with Gasteiger partial charge in [0.05, 0.1) is 24.7 Å². The van der Waals surface area contributed by atoms with Crippen LogP contribution in [0.15, 0.2) is 46.0 Å². The highest BCUT2D eigenvalue weighted by atomic mass is 32.1. The Labute approximate surface area is 165 Å². The zero-order valence-corrected chi connectivity index (χ0v) is 16.4. The van der Waals surface area contributed by atoms with Crippen LogP contribution >= 0.6 is 11.3 Å². The van der Waals surface area contributed by atoms with E-state index < -0.39 is 0 Å². The molecule has 1 aromatic carbocycles. The Balaban J connectivity index is 1.43. The molecular formula is C21H20N4O2S. The summed E-state index contributed by atoms with van der Waals surface area (Å²) in [5.41, 5.74) is 2.30. The summed E-state index contributed by atoms with van der Waals surface area (Å²) in [6.45, 7) is 2.53. The van der Waals surface area contributed by atoms with Crippen LogP contribution in [0.2, 0.25) is 0 Å². The number of nitrogens with zero attached hydrogens (tertiary/aromatic N) is 4. The number of aryl methyl sites for hydroxylation is 1. The van der Waals surface area contributed by atoms with Crippen molar-refractivity contribution in [2.75, 3.05) is 0 Å². The van der Waals surface area contributed by atoms with Crippen molar-refractivity contribution in [3.63, 3.8) is 0 Å². The Morgan fingerprint density at radius 1 is 1.29 bits per heavy atom.